The van der Waals surface area contributed by atoms with E-state index in [0.29, 0.717) is 5.02 Å². The van der Waals surface area contributed by atoms with E-state index in [1.54, 1.807) is 41.5 Å². The van der Waals surface area contributed by atoms with E-state index in [0.717, 1.165) is 9.48 Å². The highest BCUT2D eigenvalue weighted by Gasteiger charge is 2.22. The zero-order chi connectivity index (χ0) is 17.3. The van der Waals surface area contributed by atoms with Gasteiger partial charge in [-0.3, -0.25) is 0 Å². The molecule has 22 heavy (non-hydrogen) atoms. The molecule has 5 nitrogen and oxygen atoms in total. The lowest BCUT2D eigenvalue weighted by atomic mass is 10.1. The van der Waals surface area contributed by atoms with Gasteiger partial charge in [-0.2, -0.15) is 0 Å². The number of phenols is 1. The van der Waals surface area contributed by atoms with Crippen molar-refractivity contribution in [2.75, 3.05) is 0 Å². The van der Waals surface area contributed by atoms with Crippen molar-refractivity contribution in [2.24, 2.45) is 0 Å². The Hall–Kier alpha value is -1.75. The van der Waals surface area contributed by atoms with Crippen LogP contribution in [-0.4, -0.2) is 38.1 Å². The molecule has 0 aromatic heterocycles. The fourth-order valence-electron chi connectivity index (χ4n) is 1.48. The van der Waals surface area contributed by atoms with Gasteiger partial charge in [0, 0.05) is 46.6 Å². The van der Waals surface area contributed by atoms with Gasteiger partial charge >= 0.3 is 0 Å². The Bertz CT molecular complexity index is 572. The van der Waals surface area contributed by atoms with Crippen molar-refractivity contribution in [2.45, 2.75) is 52.6 Å². The molecule has 1 aromatic carbocycles. The van der Waals surface area contributed by atoms with Gasteiger partial charge in [-0.25, -0.2) is 9.48 Å². The lowest BCUT2D eigenvalue weighted by Gasteiger charge is -2.20. The average Bonchev–Trinajstić information content (AvgIpc) is 2.32. The number of hydrogen-bond acceptors (Lipinski definition) is 3. The number of nitrogens with zero attached hydrogens (tertiary/aromatic N) is 2. The van der Waals surface area contributed by atoms with Crippen LogP contribution in [0.5, 0.6) is 5.75 Å². The average molecular weight is 327 g/mol. The molecule has 0 fully saturated rings. The highest BCUT2D eigenvalue weighted by atomic mass is 35.5. The molecule has 1 N–H and O–H groups in total. The number of rotatable bonds is 2. The molecule has 0 saturated heterocycles. The van der Waals surface area contributed by atoms with Crippen LogP contribution in [-0.2, 0) is 0 Å². The second kappa shape index (κ2) is 6.16. The van der Waals surface area contributed by atoms with Crippen LogP contribution in [0, 0.1) is 10.4 Å². The standard InChI is InChI=1S/C16H23ClN2O3/c1-15(2,3)18(21)9-11-7-13(17)8-12(14(11)20)10-19(22)16(4,5)6/h7-10,20H,1-6H3/b18-9-,19-10+. The molecule has 122 valence electrons. The SMILES string of the molecule is CC(C)(C)/[N+]([O-])=C/c1cc(Cl)cc(/C=[N+](/[O-])C(C)(C)C)c1O. The summed E-state index contributed by atoms with van der Waals surface area (Å²) >= 11 is 6.03. The van der Waals surface area contributed by atoms with Gasteiger partial charge in [-0.15, -0.1) is 0 Å². The van der Waals surface area contributed by atoms with E-state index in [2.05, 4.69) is 0 Å². The molecular formula is C16H23ClN2O3. The smallest absolute Gasteiger partial charge is 0.186 e. The maximum atomic E-state index is 12.0. The summed E-state index contributed by atoms with van der Waals surface area (Å²) in [5.74, 6) is -0.153. The first-order valence-electron chi connectivity index (χ1n) is 6.97. The van der Waals surface area contributed by atoms with Crippen LogP contribution in [0.3, 0.4) is 0 Å². The number of aromatic hydroxyl groups is 1. The van der Waals surface area contributed by atoms with Gasteiger partial charge in [-0.05, 0) is 12.1 Å². The summed E-state index contributed by atoms with van der Waals surface area (Å²) in [6.07, 6.45) is 2.54. The molecule has 0 atom stereocenters. The Morgan fingerprint density at radius 1 is 0.909 bits per heavy atom. The van der Waals surface area contributed by atoms with Crippen molar-refractivity contribution in [3.8, 4) is 5.75 Å². The Labute approximate surface area is 136 Å². The first-order chi connectivity index (χ1) is 9.82. The third kappa shape index (κ3) is 4.63. The summed E-state index contributed by atoms with van der Waals surface area (Å²) in [4.78, 5) is 0. The predicted molar refractivity (Wildman–Crippen MR) is 90.2 cm³/mol. The summed E-state index contributed by atoms with van der Waals surface area (Å²) in [7, 11) is 0. The zero-order valence-corrected chi connectivity index (χ0v) is 14.6. The Balaban J connectivity index is 3.43. The molecule has 0 aliphatic heterocycles. The molecule has 1 rings (SSSR count). The normalized spacial score (nSPS) is 14.3. The minimum absolute atomic E-state index is 0.153. The van der Waals surface area contributed by atoms with Gasteiger partial charge in [0.1, 0.15) is 5.75 Å². The van der Waals surface area contributed by atoms with E-state index in [-0.39, 0.29) is 16.9 Å². The molecule has 0 unspecified atom stereocenters. The van der Waals surface area contributed by atoms with E-state index in [1.165, 1.54) is 24.6 Å². The van der Waals surface area contributed by atoms with E-state index in [9.17, 15) is 15.5 Å². The third-order valence-corrected chi connectivity index (χ3v) is 3.19. The lowest BCUT2D eigenvalue weighted by molar-refractivity contribution is -0.530. The molecule has 0 bridgehead atoms. The summed E-state index contributed by atoms with van der Waals surface area (Å²) in [6.45, 7) is 10.5. The highest BCUT2D eigenvalue weighted by Crippen LogP contribution is 2.25. The van der Waals surface area contributed by atoms with Crippen LogP contribution in [0.1, 0.15) is 52.7 Å². The molecule has 0 saturated carbocycles. The van der Waals surface area contributed by atoms with Gasteiger partial charge in [0.25, 0.3) is 0 Å². The van der Waals surface area contributed by atoms with Crippen LogP contribution in [0.4, 0.5) is 0 Å². The lowest BCUT2D eigenvalue weighted by Crippen LogP contribution is -2.30. The first kappa shape index (κ1) is 18.3. The van der Waals surface area contributed by atoms with Crippen LogP contribution in [0.15, 0.2) is 12.1 Å². The zero-order valence-electron chi connectivity index (χ0n) is 13.8. The molecule has 0 heterocycles. The van der Waals surface area contributed by atoms with Gasteiger partial charge in [-0.1, -0.05) is 11.6 Å². The monoisotopic (exact) mass is 326 g/mol. The third-order valence-electron chi connectivity index (χ3n) is 2.97. The maximum absolute atomic E-state index is 12.0. The van der Waals surface area contributed by atoms with Gasteiger partial charge in [0.05, 0.1) is 11.1 Å². The molecule has 6 heteroatoms. The fraction of sp³-hybridized carbons (Fsp3) is 0.500. The number of halogens is 1. The fourth-order valence-corrected chi connectivity index (χ4v) is 1.71. The highest BCUT2D eigenvalue weighted by molar-refractivity contribution is 6.31. The van der Waals surface area contributed by atoms with Crippen molar-refractivity contribution >= 4 is 24.0 Å². The minimum atomic E-state index is -0.644. The molecule has 0 spiro atoms. The molecule has 0 radical (unpaired) electrons. The molecule has 1 aromatic rings. The Morgan fingerprint density at radius 2 is 1.23 bits per heavy atom. The summed E-state index contributed by atoms with van der Waals surface area (Å²) in [5, 5.41) is 34.7. The number of benzene rings is 1. The number of hydrogen-bond donors (Lipinski definition) is 1. The Kier molecular flexibility index (Phi) is 5.13. The minimum Gasteiger partial charge on any atom is -0.623 e. The Morgan fingerprint density at radius 3 is 1.50 bits per heavy atom. The van der Waals surface area contributed by atoms with Crippen LogP contribution in [0.2, 0.25) is 5.02 Å². The van der Waals surface area contributed by atoms with Crippen molar-refractivity contribution in [1.82, 2.24) is 0 Å². The summed E-state index contributed by atoms with van der Waals surface area (Å²) in [5.41, 5.74) is -0.750. The van der Waals surface area contributed by atoms with Crippen molar-refractivity contribution in [1.29, 1.82) is 0 Å². The maximum Gasteiger partial charge on any atom is 0.186 e. The molecule has 0 aliphatic carbocycles. The van der Waals surface area contributed by atoms with Crippen LogP contribution in [0.25, 0.3) is 0 Å². The topological polar surface area (TPSA) is 72.4 Å². The summed E-state index contributed by atoms with van der Waals surface area (Å²) in [6, 6.07) is 2.97. The van der Waals surface area contributed by atoms with E-state index in [1.807, 2.05) is 0 Å². The second-order valence-corrected chi connectivity index (χ2v) is 7.62. The first-order valence-corrected chi connectivity index (χ1v) is 7.35. The second-order valence-electron chi connectivity index (χ2n) is 7.18. The largest absolute Gasteiger partial charge is 0.623 e. The number of hydroxylamine groups is 2. The van der Waals surface area contributed by atoms with E-state index in [4.69, 9.17) is 11.6 Å². The predicted octanol–water partition coefficient (Wildman–Crippen LogP) is 3.50. The quantitative estimate of drug-likeness (QED) is 0.391. The van der Waals surface area contributed by atoms with Crippen molar-refractivity contribution in [3.05, 3.63) is 38.7 Å². The van der Waals surface area contributed by atoms with Gasteiger partial charge in [0.2, 0.25) is 0 Å². The van der Waals surface area contributed by atoms with Gasteiger partial charge in [0.15, 0.2) is 23.5 Å². The van der Waals surface area contributed by atoms with Crippen LogP contribution >= 0.6 is 11.6 Å². The van der Waals surface area contributed by atoms with Gasteiger partial charge < -0.3 is 15.5 Å². The molecule has 0 aliphatic rings. The van der Waals surface area contributed by atoms with Crippen molar-refractivity contribution < 1.29 is 14.6 Å². The van der Waals surface area contributed by atoms with Crippen molar-refractivity contribution in [3.63, 3.8) is 0 Å². The van der Waals surface area contributed by atoms with E-state index < -0.39 is 11.1 Å². The molecular weight excluding hydrogens is 304 g/mol. The summed E-state index contributed by atoms with van der Waals surface area (Å²) < 4.78 is 1.47. The number of phenolic OH excluding ortho intramolecular Hbond substituents is 1. The van der Waals surface area contributed by atoms with Crippen LogP contribution < -0.4 is 0 Å². The van der Waals surface area contributed by atoms with E-state index >= 15 is 0 Å². The molecule has 0 amide bonds.